The normalized spacial score (nSPS) is 15.4. The minimum absolute atomic E-state index is 0.285. The maximum atomic E-state index is 13.1. The van der Waals surface area contributed by atoms with E-state index in [-0.39, 0.29) is 11.4 Å². The van der Waals surface area contributed by atoms with Crippen LogP contribution in [0.25, 0.3) is 16.9 Å². The number of hydrogen-bond donors (Lipinski definition) is 2. The molecule has 2 N–H and O–H groups in total. The van der Waals surface area contributed by atoms with Crippen molar-refractivity contribution in [1.29, 1.82) is 0 Å². The molecule has 1 aliphatic rings. The van der Waals surface area contributed by atoms with Crippen LogP contribution in [0.4, 0.5) is 5.69 Å². The van der Waals surface area contributed by atoms with Gasteiger partial charge < -0.3 is 14.6 Å². The summed E-state index contributed by atoms with van der Waals surface area (Å²) in [4.78, 5) is 22.7. The van der Waals surface area contributed by atoms with E-state index in [9.17, 15) is 13.2 Å². The molecule has 2 aromatic heterocycles. The van der Waals surface area contributed by atoms with E-state index in [0.717, 1.165) is 31.6 Å². The van der Waals surface area contributed by atoms with Gasteiger partial charge in [-0.05, 0) is 45.0 Å². The first kappa shape index (κ1) is 27.1. The molecule has 11 nitrogen and oxygen atoms in total. The molecule has 0 spiro atoms. The van der Waals surface area contributed by atoms with Gasteiger partial charge in [-0.15, -0.1) is 5.10 Å². The predicted molar refractivity (Wildman–Crippen MR) is 144 cm³/mol. The molecule has 0 atom stereocenters. The highest BCUT2D eigenvalue weighted by Crippen LogP contribution is 2.31. The van der Waals surface area contributed by atoms with E-state index in [1.165, 1.54) is 4.31 Å². The van der Waals surface area contributed by atoms with Gasteiger partial charge in [-0.3, -0.25) is 9.52 Å². The highest BCUT2D eigenvalue weighted by Gasteiger charge is 2.27. The van der Waals surface area contributed by atoms with Crippen LogP contribution in [-0.2, 0) is 16.6 Å². The molecule has 1 fully saturated rings. The Kier molecular flexibility index (Phi) is 8.50. The number of anilines is 1. The van der Waals surface area contributed by atoms with E-state index < -0.39 is 10.2 Å². The molecule has 1 saturated heterocycles. The van der Waals surface area contributed by atoms with Gasteiger partial charge in [0.05, 0.1) is 23.6 Å². The zero-order valence-electron chi connectivity index (χ0n) is 22.1. The molecule has 4 rings (SSSR count). The number of fused-ring (bicyclic) bond motifs is 1. The van der Waals surface area contributed by atoms with E-state index in [4.69, 9.17) is 9.84 Å². The summed E-state index contributed by atoms with van der Waals surface area (Å²) in [5.41, 5.74) is 1.59. The number of aryl methyl sites for hydroxylation is 2. The summed E-state index contributed by atoms with van der Waals surface area (Å²) in [5.74, 6) is 1.51. The van der Waals surface area contributed by atoms with Gasteiger partial charge in [-0.25, -0.2) is 9.50 Å². The lowest BCUT2D eigenvalue weighted by atomic mass is 10.1. The number of rotatable bonds is 11. The second kappa shape index (κ2) is 11.6. The Morgan fingerprint density at radius 1 is 1.11 bits per heavy atom. The fourth-order valence-corrected chi connectivity index (χ4v) is 5.81. The molecule has 1 aliphatic heterocycles. The highest BCUT2D eigenvalue weighted by molar-refractivity contribution is 7.90. The summed E-state index contributed by atoms with van der Waals surface area (Å²) < 4.78 is 37.7. The molecule has 3 aromatic rings. The zero-order chi connectivity index (χ0) is 26.6. The molecule has 37 heavy (non-hydrogen) atoms. The average molecular weight is 532 g/mol. The predicted octanol–water partition coefficient (Wildman–Crippen LogP) is 2.82. The Labute approximate surface area is 218 Å². The van der Waals surface area contributed by atoms with Gasteiger partial charge in [-0.1, -0.05) is 26.7 Å². The number of piperazine rings is 1. The Balaban J connectivity index is 1.70. The van der Waals surface area contributed by atoms with Crippen molar-refractivity contribution in [3.63, 3.8) is 0 Å². The summed E-state index contributed by atoms with van der Waals surface area (Å²) in [6, 6.07) is 5.00. The van der Waals surface area contributed by atoms with Crippen LogP contribution in [0.2, 0.25) is 0 Å². The zero-order valence-corrected chi connectivity index (χ0v) is 22.9. The van der Waals surface area contributed by atoms with Crippen molar-refractivity contribution in [3.05, 3.63) is 40.1 Å². The lowest BCUT2D eigenvalue weighted by molar-refractivity contribution is 0.197. The molecule has 0 bridgehead atoms. The van der Waals surface area contributed by atoms with Crippen molar-refractivity contribution < 1.29 is 13.2 Å². The number of ether oxygens (including phenoxy) is 1. The number of aromatic amines is 1. The van der Waals surface area contributed by atoms with E-state index in [1.807, 2.05) is 6.92 Å². The molecule has 0 aliphatic carbocycles. The van der Waals surface area contributed by atoms with E-state index in [0.29, 0.717) is 67.4 Å². The number of nitrogens with zero attached hydrogens (tertiary/aromatic N) is 5. The second-order valence-corrected chi connectivity index (χ2v) is 10.9. The molecular formula is C25H37N7O4S. The third kappa shape index (κ3) is 5.97. The number of hydrogen-bond acceptors (Lipinski definition) is 7. The number of aromatic nitrogens is 4. The molecule has 1 aromatic carbocycles. The number of benzene rings is 1. The summed E-state index contributed by atoms with van der Waals surface area (Å²) in [5, 5.41) is 4.72. The van der Waals surface area contributed by atoms with Gasteiger partial charge in [-0.2, -0.15) is 12.7 Å². The highest BCUT2D eigenvalue weighted by atomic mass is 32.2. The summed E-state index contributed by atoms with van der Waals surface area (Å²) in [7, 11) is -3.74. The maximum absolute atomic E-state index is 13.1. The number of imidazole rings is 1. The molecule has 0 amide bonds. The summed E-state index contributed by atoms with van der Waals surface area (Å²) in [6.07, 6.45) is 3.81. The number of H-pyrrole nitrogens is 1. The van der Waals surface area contributed by atoms with Crippen LogP contribution in [0.15, 0.2) is 23.0 Å². The molecule has 0 saturated carbocycles. The van der Waals surface area contributed by atoms with Gasteiger partial charge >= 0.3 is 10.2 Å². The van der Waals surface area contributed by atoms with Crippen LogP contribution >= 0.6 is 0 Å². The number of likely N-dealkylation sites (N-methyl/N-ethyl adjacent to an activating group) is 1. The van der Waals surface area contributed by atoms with Crippen molar-refractivity contribution in [2.24, 2.45) is 0 Å². The van der Waals surface area contributed by atoms with Crippen LogP contribution in [0, 0.1) is 6.92 Å². The topological polar surface area (TPSA) is 125 Å². The standard InChI is InChI=1S/C25H37N7O4S/c1-5-8-9-10-22-26-18(4)23-25(33)27-24(28-32(22)23)20-17-19(11-12-21(20)36-7-3)29-37(34,35)31-15-13-30(6-2)14-16-31/h11-12,17,29H,5-10,13-16H2,1-4H3,(H,27,28,33). The van der Waals surface area contributed by atoms with Crippen molar-refractivity contribution in [1.82, 2.24) is 28.8 Å². The van der Waals surface area contributed by atoms with Crippen LogP contribution in [0.3, 0.4) is 0 Å². The van der Waals surface area contributed by atoms with Gasteiger partial charge in [0.25, 0.3) is 5.56 Å². The molecule has 0 unspecified atom stereocenters. The first-order valence-corrected chi connectivity index (χ1v) is 14.5. The molecule has 202 valence electrons. The van der Waals surface area contributed by atoms with Crippen molar-refractivity contribution in [2.75, 3.05) is 44.1 Å². The maximum Gasteiger partial charge on any atom is 0.301 e. The monoisotopic (exact) mass is 531 g/mol. The fourth-order valence-electron chi connectivity index (χ4n) is 4.61. The lowest BCUT2D eigenvalue weighted by Crippen LogP contribution is -2.50. The van der Waals surface area contributed by atoms with Crippen LogP contribution in [0.5, 0.6) is 5.75 Å². The molecule has 3 heterocycles. The smallest absolute Gasteiger partial charge is 0.301 e. The van der Waals surface area contributed by atoms with E-state index in [2.05, 4.69) is 33.4 Å². The Bertz CT molecular complexity index is 1390. The quantitative estimate of drug-likeness (QED) is 0.365. The van der Waals surface area contributed by atoms with Gasteiger partial charge in [0, 0.05) is 32.6 Å². The molecular weight excluding hydrogens is 494 g/mol. The van der Waals surface area contributed by atoms with Gasteiger partial charge in [0.1, 0.15) is 11.6 Å². The van der Waals surface area contributed by atoms with Crippen LogP contribution in [0.1, 0.15) is 51.6 Å². The second-order valence-electron chi connectivity index (χ2n) is 9.22. The first-order valence-electron chi connectivity index (χ1n) is 13.0. The van der Waals surface area contributed by atoms with Gasteiger partial charge in [0.15, 0.2) is 11.3 Å². The molecule has 0 radical (unpaired) electrons. The van der Waals surface area contributed by atoms with Crippen molar-refractivity contribution >= 4 is 21.4 Å². The lowest BCUT2D eigenvalue weighted by Gasteiger charge is -2.33. The minimum atomic E-state index is -3.74. The number of nitrogens with one attached hydrogen (secondary N) is 2. The molecule has 12 heteroatoms. The Morgan fingerprint density at radius 2 is 1.86 bits per heavy atom. The van der Waals surface area contributed by atoms with Crippen LogP contribution in [-0.4, -0.2) is 76.5 Å². The summed E-state index contributed by atoms with van der Waals surface area (Å²) >= 11 is 0. The third-order valence-electron chi connectivity index (χ3n) is 6.65. The minimum Gasteiger partial charge on any atom is -0.493 e. The van der Waals surface area contributed by atoms with Gasteiger partial charge in [0.2, 0.25) is 0 Å². The Hall–Kier alpha value is -2.96. The van der Waals surface area contributed by atoms with E-state index in [1.54, 1.807) is 29.6 Å². The largest absolute Gasteiger partial charge is 0.493 e. The third-order valence-corrected chi connectivity index (χ3v) is 8.19. The first-order chi connectivity index (χ1) is 17.8. The fraction of sp³-hybridized carbons (Fsp3) is 0.560. The van der Waals surface area contributed by atoms with E-state index >= 15 is 0 Å². The van der Waals surface area contributed by atoms with Crippen LogP contribution < -0.4 is 15.0 Å². The number of unbranched alkanes of at least 4 members (excludes halogenated alkanes) is 2. The summed E-state index contributed by atoms with van der Waals surface area (Å²) in [6.45, 7) is 11.4. The van der Waals surface area contributed by atoms with Crippen molar-refractivity contribution in [3.8, 4) is 17.1 Å². The Morgan fingerprint density at radius 3 is 2.54 bits per heavy atom. The average Bonchev–Trinajstić information content (AvgIpc) is 3.20. The SMILES string of the molecule is CCCCCc1nc(C)c2c(=O)[nH]c(-c3cc(NS(=O)(=O)N4CCN(CC)CC4)ccc3OCC)nn12. The van der Waals surface area contributed by atoms with Crippen molar-refractivity contribution in [2.45, 2.75) is 53.4 Å².